The van der Waals surface area contributed by atoms with E-state index in [4.69, 9.17) is 20.8 Å². The molecule has 0 unspecified atom stereocenters. The van der Waals surface area contributed by atoms with E-state index in [1.54, 1.807) is 36.9 Å². The number of esters is 1. The van der Waals surface area contributed by atoms with Crippen molar-refractivity contribution in [3.05, 3.63) is 64.4 Å². The number of furan rings is 1. The molecule has 0 fully saturated rings. The number of fused-ring (bicyclic) bond motifs is 1. The summed E-state index contributed by atoms with van der Waals surface area (Å²) < 4.78 is 10.6. The number of carbonyl (C=O) groups is 2. The lowest BCUT2D eigenvalue weighted by molar-refractivity contribution is -0.124. The van der Waals surface area contributed by atoms with Gasteiger partial charge in [0.1, 0.15) is 5.58 Å². The van der Waals surface area contributed by atoms with Crippen LogP contribution in [0.5, 0.6) is 0 Å². The highest BCUT2D eigenvalue weighted by atomic mass is 35.5. The molecule has 2 aromatic carbocycles. The molecule has 7 heteroatoms. The maximum absolute atomic E-state index is 12.2. The Morgan fingerprint density at radius 2 is 1.89 bits per heavy atom. The molecule has 0 atom stereocenters. The quantitative estimate of drug-likeness (QED) is 0.340. The van der Waals surface area contributed by atoms with Crippen LogP contribution in [-0.2, 0) is 9.53 Å². The van der Waals surface area contributed by atoms with Gasteiger partial charge in [-0.2, -0.15) is 0 Å². The van der Waals surface area contributed by atoms with Crippen LogP contribution in [0.2, 0.25) is 5.02 Å². The van der Waals surface area contributed by atoms with Crippen molar-refractivity contribution < 1.29 is 18.7 Å². The van der Waals surface area contributed by atoms with Crippen molar-refractivity contribution in [2.24, 2.45) is 0 Å². The van der Waals surface area contributed by atoms with Crippen molar-refractivity contribution >= 4 is 46.2 Å². The molecular weight excluding hydrogens is 398 g/mol. The molecule has 1 aromatic heterocycles. The first-order chi connectivity index (χ1) is 13.4. The molecule has 0 aliphatic heterocycles. The molecule has 0 bridgehead atoms. The van der Waals surface area contributed by atoms with Crippen LogP contribution in [0.4, 0.5) is 0 Å². The van der Waals surface area contributed by atoms with Gasteiger partial charge in [-0.15, -0.1) is 11.8 Å². The molecule has 0 saturated carbocycles. The highest BCUT2D eigenvalue weighted by molar-refractivity contribution is 7.99. The summed E-state index contributed by atoms with van der Waals surface area (Å²) in [6, 6.07) is 13.3. The maximum Gasteiger partial charge on any atom is 0.375 e. The minimum Gasteiger partial charge on any atom is -0.450 e. The predicted molar refractivity (Wildman–Crippen MR) is 111 cm³/mol. The van der Waals surface area contributed by atoms with Gasteiger partial charge in [0.15, 0.2) is 6.61 Å². The molecule has 0 aliphatic carbocycles. The van der Waals surface area contributed by atoms with Crippen molar-refractivity contribution in [2.45, 2.75) is 18.7 Å². The Balaban J connectivity index is 1.44. The summed E-state index contributed by atoms with van der Waals surface area (Å²) in [7, 11) is 0. The third-order valence-electron chi connectivity index (χ3n) is 4.13. The lowest BCUT2D eigenvalue weighted by atomic mass is 10.1. The molecule has 5 nitrogen and oxygen atoms in total. The summed E-state index contributed by atoms with van der Waals surface area (Å²) in [4.78, 5) is 25.3. The topological polar surface area (TPSA) is 68.5 Å². The van der Waals surface area contributed by atoms with E-state index in [0.29, 0.717) is 22.7 Å². The Labute approximate surface area is 172 Å². The molecule has 28 heavy (non-hydrogen) atoms. The van der Waals surface area contributed by atoms with Crippen molar-refractivity contribution in [3.63, 3.8) is 0 Å². The average molecular weight is 418 g/mol. The summed E-state index contributed by atoms with van der Waals surface area (Å²) in [5.41, 5.74) is 2.39. The fraction of sp³-hybridized carbons (Fsp3) is 0.238. The number of nitrogens with one attached hydrogen (secondary N) is 1. The van der Waals surface area contributed by atoms with Gasteiger partial charge in [0.05, 0.1) is 0 Å². The van der Waals surface area contributed by atoms with Gasteiger partial charge in [-0.05, 0) is 44.2 Å². The molecular formula is C21H20ClNO4S. The summed E-state index contributed by atoms with van der Waals surface area (Å²) >= 11 is 7.63. The Morgan fingerprint density at radius 3 is 2.64 bits per heavy atom. The van der Waals surface area contributed by atoms with Gasteiger partial charge in [0.2, 0.25) is 5.76 Å². The zero-order valence-corrected chi connectivity index (χ0v) is 17.2. The molecule has 3 aromatic rings. The highest BCUT2D eigenvalue weighted by Gasteiger charge is 2.20. The van der Waals surface area contributed by atoms with Crippen LogP contribution < -0.4 is 5.32 Å². The molecule has 0 aliphatic rings. The molecule has 1 N–H and O–H groups in total. The second-order valence-electron chi connectivity index (χ2n) is 6.28. The van der Waals surface area contributed by atoms with Crippen LogP contribution in [-0.4, -0.2) is 30.8 Å². The van der Waals surface area contributed by atoms with Gasteiger partial charge >= 0.3 is 5.97 Å². The van der Waals surface area contributed by atoms with Crippen LogP contribution in [0.25, 0.3) is 11.0 Å². The van der Waals surface area contributed by atoms with Crippen LogP contribution >= 0.6 is 23.4 Å². The minimum absolute atomic E-state index is 0.0833. The van der Waals surface area contributed by atoms with Gasteiger partial charge in [0.25, 0.3) is 5.91 Å². The van der Waals surface area contributed by atoms with E-state index in [2.05, 4.69) is 5.32 Å². The second-order valence-corrected chi connectivity index (χ2v) is 7.89. The molecule has 0 spiro atoms. The van der Waals surface area contributed by atoms with Crippen molar-refractivity contribution in [1.82, 2.24) is 5.32 Å². The predicted octanol–water partition coefficient (Wildman–Crippen LogP) is 4.77. The maximum atomic E-state index is 12.2. The third kappa shape index (κ3) is 5.09. The van der Waals surface area contributed by atoms with Crippen molar-refractivity contribution in [1.29, 1.82) is 0 Å². The van der Waals surface area contributed by atoms with E-state index in [-0.39, 0.29) is 18.3 Å². The van der Waals surface area contributed by atoms with Crippen LogP contribution in [0.1, 0.15) is 21.7 Å². The molecule has 1 amide bonds. The van der Waals surface area contributed by atoms with E-state index in [1.165, 1.54) is 5.56 Å². The number of benzene rings is 2. The first kappa shape index (κ1) is 20.3. The largest absolute Gasteiger partial charge is 0.450 e. The van der Waals surface area contributed by atoms with E-state index in [1.807, 2.05) is 31.2 Å². The summed E-state index contributed by atoms with van der Waals surface area (Å²) in [6.45, 7) is 3.92. The molecule has 0 saturated heterocycles. The summed E-state index contributed by atoms with van der Waals surface area (Å²) in [5, 5.41) is 4.04. The number of rotatable bonds is 7. The monoisotopic (exact) mass is 417 g/mol. The summed E-state index contributed by atoms with van der Waals surface area (Å²) in [5.74, 6) is -0.213. The van der Waals surface area contributed by atoms with Gasteiger partial charge in [-0.3, -0.25) is 4.79 Å². The number of ether oxygens (including phenoxy) is 1. The standard InChI is InChI=1S/C21H20ClNO4S/c1-13-3-6-16(7-4-13)28-10-9-23-19(24)12-26-21(25)20-14(2)17-11-15(22)5-8-18(17)27-20/h3-8,11H,9-10,12H2,1-2H3,(H,23,24). The SMILES string of the molecule is Cc1ccc(SCCNC(=O)COC(=O)c2oc3ccc(Cl)cc3c2C)cc1. The fourth-order valence-electron chi connectivity index (χ4n) is 2.63. The average Bonchev–Trinajstić information content (AvgIpc) is 3.01. The van der Waals surface area contributed by atoms with Gasteiger partial charge in [0, 0.05) is 33.2 Å². The first-order valence-corrected chi connectivity index (χ1v) is 10.1. The van der Waals surface area contributed by atoms with Crippen LogP contribution in [0.15, 0.2) is 51.8 Å². The van der Waals surface area contributed by atoms with Crippen LogP contribution in [0.3, 0.4) is 0 Å². The second kappa shape index (κ2) is 9.17. The zero-order chi connectivity index (χ0) is 20.1. The minimum atomic E-state index is -0.672. The van der Waals surface area contributed by atoms with Crippen molar-refractivity contribution in [3.8, 4) is 0 Å². The molecule has 146 valence electrons. The fourth-order valence-corrected chi connectivity index (χ4v) is 3.57. The molecule has 3 rings (SSSR count). The van der Waals surface area contributed by atoms with Gasteiger partial charge in [-0.25, -0.2) is 4.79 Å². The smallest absolute Gasteiger partial charge is 0.375 e. The third-order valence-corrected chi connectivity index (χ3v) is 5.38. The van der Waals surface area contributed by atoms with Crippen LogP contribution in [0, 0.1) is 13.8 Å². The lowest BCUT2D eigenvalue weighted by Gasteiger charge is -2.06. The Kier molecular flexibility index (Phi) is 6.65. The Morgan fingerprint density at radius 1 is 1.14 bits per heavy atom. The number of halogens is 1. The zero-order valence-electron chi connectivity index (χ0n) is 15.6. The van der Waals surface area contributed by atoms with E-state index < -0.39 is 5.97 Å². The number of hydrogen-bond donors (Lipinski definition) is 1. The van der Waals surface area contributed by atoms with E-state index in [0.717, 1.165) is 16.0 Å². The number of aryl methyl sites for hydroxylation is 2. The number of carbonyl (C=O) groups excluding carboxylic acids is 2. The summed E-state index contributed by atoms with van der Waals surface area (Å²) in [6.07, 6.45) is 0. The van der Waals surface area contributed by atoms with Crippen molar-refractivity contribution in [2.75, 3.05) is 18.9 Å². The Bertz CT molecular complexity index is 998. The molecule has 1 heterocycles. The van der Waals surface area contributed by atoms with E-state index >= 15 is 0 Å². The van der Waals surface area contributed by atoms with Gasteiger partial charge < -0.3 is 14.5 Å². The van der Waals surface area contributed by atoms with E-state index in [9.17, 15) is 9.59 Å². The number of hydrogen-bond acceptors (Lipinski definition) is 5. The number of amides is 1. The Hall–Kier alpha value is -2.44. The highest BCUT2D eigenvalue weighted by Crippen LogP contribution is 2.28. The molecule has 0 radical (unpaired) electrons. The first-order valence-electron chi connectivity index (χ1n) is 8.76. The number of thioether (sulfide) groups is 1. The normalized spacial score (nSPS) is 10.8. The lowest BCUT2D eigenvalue weighted by Crippen LogP contribution is -2.30. The van der Waals surface area contributed by atoms with Gasteiger partial charge in [-0.1, -0.05) is 29.3 Å².